The van der Waals surface area contributed by atoms with Crippen LogP contribution in [0.25, 0.3) is 11.1 Å². The monoisotopic (exact) mass is 480 g/mol. The third-order valence-electron chi connectivity index (χ3n) is 7.18. The highest BCUT2D eigenvalue weighted by molar-refractivity contribution is 5.84. The second-order valence-corrected chi connectivity index (χ2v) is 9.36. The fraction of sp³-hybridized carbons (Fsp3) is 0.444. The smallest absolute Gasteiger partial charge is 0.407 e. The minimum Gasteiger partial charge on any atom is -0.480 e. The number of hydrogen-bond acceptors (Lipinski definition) is 5. The number of carbonyl (C=O) groups is 3. The molecule has 35 heavy (non-hydrogen) atoms. The summed E-state index contributed by atoms with van der Waals surface area (Å²) < 4.78 is 5.61. The van der Waals surface area contributed by atoms with Gasteiger partial charge < -0.3 is 25.6 Å². The summed E-state index contributed by atoms with van der Waals surface area (Å²) in [4.78, 5) is 36.1. The minimum absolute atomic E-state index is 0.0315. The van der Waals surface area contributed by atoms with E-state index >= 15 is 0 Å². The van der Waals surface area contributed by atoms with Gasteiger partial charge in [-0.15, -0.1) is 0 Å². The minimum atomic E-state index is -1.33. The summed E-state index contributed by atoms with van der Waals surface area (Å²) >= 11 is 0. The Labute approximate surface area is 204 Å². The van der Waals surface area contributed by atoms with Crippen molar-refractivity contribution in [1.82, 2.24) is 10.6 Å². The summed E-state index contributed by atoms with van der Waals surface area (Å²) in [6, 6.07) is 14.9. The predicted molar refractivity (Wildman–Crippen MR) is 130 cm³/mol. The molecule has 2 amide bonds. The lowest BCUT2D eigenvalue weighted by atomic mass is 9.87. The van der Waals surface area contributed by atoms with Crippen LogP contribution in [0, 0.1) is 11.8 Å². The molecule has 8 heteroatoms. The van der Waals surface area contributed by atoms with Gasteiger partial charge in [0.25, 0.3) is 0 Å². The molecule has 0 bridgehead atoms. The molecule has 0 radical (unpaired) electrons. The fourth-order valence-electron chi connectivity index (χ4n) is 5.38. The number of ether oxygens (including phenoxy) is 1. The van der Waals surface area contributed by atoms with Crippen molar-refractivity contribution < 1.29 is 29.3 Å². The summed E-state index contributed by atoms with van der Waals surface area (Å²) in [5.74, 6) is -1.62. The fourth-order valence-corrected chi connectivity index (χ4v) is 5.38. The number of nitrogens with one attached hydrogen (secondary N) is 2. The van der Waals surface area contributed by atoms with Crippen LogP contribution >= 0.6 is 0 Å². The highest BCUT2D eigenvalue weighted by atomic mass is 16.5. The number of carbonyl (C=O) groups excluding carboxylic acids is 2. The number of hydrogen-bond donors (Lipinski definition) is 4. The van der Waals surface area contributed by atoms with Gasteiger partial charge in [0.2, 0.25) is 5.91 Å². The molecule has 4 N–H and O–H groups in total. The Bertz CT molecular complexity index is 1020. The van der Waals surface area contributed by atoms with Gasteiger partial charge in [0.1, 0.15) is 12.6 Å². The van der Waals surface area contributed by atoms with Crippen molar-refractivity contribution in [3.05, 3.63) is 59.7 Å². The van der Waals surface area contributed by atoms with E-state index in [1.165, 1.54) is 0 Å². The van der Waals surface area contributed by atoms with Crippen molar-refractivity contribution in [1.29, 1.82) is 0 Å². The Hall–Kier alpha value is -3.39. The Morgan fingerprint density at radius 2 is 1.57 bits per heavy atom. The number of aliphatic carboxylic acids is 1. The Kier molecular flexibility index (Phi) is 8.02. The topological polar surface area (TPSA) is 125 Å². The molecule has 0 saturated heterocycles. The molecular weight excluding hydrogens is 448 g/mol. The number of alkyl carbamates (subject to hydrolysis) is 1. The zero-order valence-corrected chi connectivity index (χ0v) is 19.6. The maximum Gasteiger partial charge on any atom is 0.407 e. The average Bonchev–Trinajstić information content (AvgIpc) is 3.50. The van der Waals surface area contributed by atoms with Gasteiger partial charge in [0, 0.05) is 18.9 Å². The number of amides is 2. The van der Waals surface area contributed by atoms with E-state index in [4.69, 9.17) is 14.9 Å². The van der Waals surface area contributed by atoms with Crippen molar-refractivity contribution in [2.75, 3.05) is 19.8 Å². The van der Waals surface area contributed by atoms with Gasteiger partial charge in [-0.1, -0.05) is 74.2 Å². The molecule has 0 aromatic heterocycles. The lowest BCUT2D eigenvalue weighted by Gasteiger charge is -2.24. The number of carboxylic acids is 1. The van der Waals surface area contributed by atoms with E-state index in [9.17, 15) is 14.4 Å². The highest BCUT2D eigenvalue weighted by Crippen LogP contribution is 2.44. The lowest BCUT2D eigenvalue weighted by molar-refractivity contribution is -0.143. The molecule has 2 aliphatic rings. The van der Waals surface area contributed by atoms with Gasteiger partial charge in [-0.3, -0.25) is 4.79 Å². The number of rotatable bonds is 10. The lowest BCUT2D eigenvalue weighted by Crippen LogP contribution is -2.45. The maximum absolute atomic E-state index is 12.6. The molecule has 1 fully saturated rings. The molecule has 0 aliphatic heterocycles. The quantitative estimate of drug-likeness (QED) is 0.414. The number of carboxylic acid groups (broad SMARTS) is 1. The second-order valence-electron chi connectivity index (χ2n) is 9.36. The summed E-state index contributed by atoms with van der Waals surface area (Å²) in [6.45, 7) is -0.190. The van der Waals surface area contributed by atoms with E-state index in [-0.39, 0.29) is 37.3 Å². The predicted octanol–water partition coefficient (Wildman–Crippen LogP) is 3.28. The molecular formula is C27H32N2O6. The van der Waals surface area contributed by atoms with E-state index in [0.29, 0.717) is 0 Å². The molecule has 0 heterocycles. The van der Waals surface area contributed by atoms with Gasteiger partial charge in [-0.05, 0) is 34.1 Å². The first-order valence-electron chi connectivity index (χ1n) is 12.2. The molecule has 8 nitrogen and oxygen atoms in total. The van der Waals surface area contributed by atoms with E-state index in [1.54, 1.807) is 0 Å². The Morgan fingerprint density at radius 3 is 2.14 bits per heavy atom. The van der Waals surface area contributed by atoms with Crippen molar-refractivity contribution in [3.63, 3.8) is 0 Å². The third-order valence-corrected chi connectivity index (χ3v) is 7.18. The number of aliphatic hydroxyl groups excluding tert-OH is 1. The third kappa shape index (κ3) is 5.82. The standard InChI is InChI=1S/C27H32N2O6/c30-15-24(26(32)33)29-25(31)13-18(17-7-1-2-8-17)14-28-27(34)35-16-23-21-11-5-3-9-19(21)20-10-4-6-12-22(20)23/h3-6,9-12,17-18,23-24,30H,1-2,7-8,13-16H2,(H,28,34)(H,29,31)(H,32,33)/t18?,24-/m0/s1. The van der Waals surface area contributed by atoms with Crippen molar-refractivity contribution in [2.24, 2.45) is 11.8 Å². The van der Waals surface area contributed by atoms with Crippen molar-refractivity contribution in [2.45, 2.75) is 44.1 Å². The second kappa shape index (κ2) is 11.4. The van der Waals surface area contributed by atoms with Crippen LogP contribution in [0.4, 0.5) is 4.79 Å². The van der Waals surface area contributed by atoms with Crippen molar-refractivity contribution in [3.8, 4) is 11.1 Å². The molecule has 4 rings (SSSR count). The van der Waals surface area contributed by atoms with Gasteiger partial charge in [0.05, 0.1) is 6.61 Å². The van der Waals surface area contributed by atoms with Crippen LogP contribution in [-0.2, 0) is 14.3 Å². The first-order valence-corrected chi connectivity index (χ1v) is 12.2. The largest absolute Gasteiger partial charge is 0.480 e. The highest BCUT2D eigenvalue weighted by Gasteiger charge is 2.31. The molecule has 0 spiro atoms. The molecule has 2 aromatic rings. The SMILES string of the molecule is O=C(CC(CNC(=O)OCC1c2ccccc2-c2ccccc21)C1CCCC1)N[C@@H](CO)C(=O)O. The first-order chi connectivity index (χ1) is 17.0. The van der Waals surface area contributed by atoms with Gasteiger partial charge in [-0.25, -0.2) is 9.59 Å². The average molecular weight is 481 g/mol. The Morgan fingerprint density at radius 1 is 0.971 bits per heavy atom. The normalized spacial score (nSPS) is 16.7. The van der Waals surface area contributed by atoms with Crippen LogP contribution in [0.2, 0.25) is 0 Å². The number of aliphatic hydroxyl groups is 1. The Balaban J connectivity index is 1.33. The van der Waals surface area contributed by atoms with Gasteiger partial charge in [0.15, 0.2) is 0 Å². The van der Waals surface area contributed by atoms with E-state index in [2.05, 4.69) is 34.9 Å². The molecule has 1 unspecified atom stereocenters. The van der Waals surface area contributed by atoms with Crippen LogP contribution in [-0.4, -0.2) is 54.0 Å². The zero-order valence-electron chi connectivity index (χ0n) is 19.6. The summed E-state index contributed by atoms with van der Waals surface area (Å²) in [5, 5.41) is 23.4. The van der Waals surface area contributed by atoms with Crippen LogP contribution in [0.15, 0.2) is 48.5 Å². The van der Waals surface area contributed by atoms with Crippen molar-refractivity contribution >= 4 is 18.0 Å². The van der Waals surface area contributed by atoms with E-state index in [1.807, 2.05) is 24.3 Å². The summed E-state index contributed by atoms with van der Waals surface area (Å²) in [5.41, 5.74) is 4.59. The molecule has 2 aromatic carbocycles. The number of benzene rings is 2. The van der Waals surface area contributed by atoms with Crippen LogP contribution in [0.5, 0.6) is 0 Å². The van der Waals surface area contributed by atoms with Gasteiger partial charge in [-0.2, -0.15) is 0 Å². The van der Waals surface area contributed by atoms with Crippen LogP contribution in [0.3, 0.4) is 0 Å². The molecule has 186 valence electrons. The number of fused-ring (bicyclic) bond motifs is 3. The summed E-state index contributed by atoms with van der Waals surface area (Å²) in [6.07, 6.45) is 3.62. The molecule has 2 atom stereocenters. The first kappa shape index (κ1) is 24.7. The zero-order chi connectivity index (χ0) is 24.8. The van der Waals surface area contributed by atoms with Crippen LogP contribution < -0.4 is 10.6 Å². The van der Waals surface area contributed by atoms with E-state index < -0.39 is 30.6 Å². The van der Waals surface area contributed by atoms with Gasteiger partial charge >= 0.3 is 12.1 Å². The maximum atomic E-state index is 12.6. The molecule has 2 aliphatic carbocycles. The van der Waals surface area contributed by atoms with E-state index in [0.717, 1.165) is 47.9 Å². The van der Waals surface area contributed by atoms with Crippen LogP contribution in [0.1, 0.15) is 49.1 Å². The molecule has 1 saturated carbocycles. The summed E-state index contributed by atoms with van der Waals surface area (Å²) in [7, 11) is 0.